The summed E-state index contributed by atoms with van der Waals surface area (Å²) in [7, 11) is 0. The molecule has 0 aromatic carbocycles. The van der Waals surface area contributed by atoms with Gasteiger partial charge in [0, 0.05) is 16.0 Å². The highest BCUT2D eigenvalue weighted by atomic mass is 32.2. The summed E-state index contributed by atoms with van der Waals surface area (Å²) in [5.41, 5.74) is 9.74. The maximum Gasteiger partial charge on any atom is 0.316 e. The molecule has 2 aromatic heterocycles. The van der Waals surface area contributed by atoms with Gasteiger partial charge in [0.2, 0.25) is 0 Å². The first-order chi connectivity index (χ1) is 14.5. The maximum atomic E-state index is 13.0. The van der Waals surface area contributed by atoms with Crippen molar-refractivity contribution in [2.24, 2.45) is 10.9 Å². The highest BCUT2D eigenvalue weighted by Crippen LogP contribution is 2.44. The average Bonchev–Trinajstić information content (AvgIpc) is 3.40. The molecule has 2 amide bonds. The topological polar surface area (TPSA) is 134 Å². The number of halogens is 1. The summed E-state index contributed by atoms with van der Waals surface area (Å²) in [6, 6.07) is 0.720. The number of aliphatic hydroxyl groups excluding tert-OH is 1. The number of aryl methyl sites for hydroxylation is 1. The first-order valence-electron chi connectivity index (χ1n) is 10.1. The number of nitrogens with two attached hydrogens (primary N) is 2. The number of hydrogen-bond donors (Lipinski definition) is 5. The predicted molar refractivity (Wildman–Crippen MR) is 122 cm³/mol. The molecule has 0 radical (unpaired) electrons. The van der Waals surface area contributed by atoms with Crippen LogP contribution in [0.25, 0.3) is 0 Å². The number of urea groups is 1. The molecule has 0 aliphatic heterocycles. The zero-order valence-corrected chi connectivity index (χ0v) is 19.6. The molecule has 0 spiro atoms. The van der Waals surface area contributed by atoms with Crippen LogP contribution in [-0.2, 0) is 30.3 Å². The predicted octanol–water partition coefficient (Wildman–Crippen LogP) is 3.34. The average molecular weight is 469 g/mol. The van der Waals surface area contributed by atoms with Crippen molar-refractivity contribution in [1.29, 1.82) is 0 Å². The minimum atomic E-state index is -1.39. The Kier molecular flexibility index (Phi) is 6.97. The maximum absolute atomic E-state index is 13.0. The number of carbonyl (C=O) groups excluding carboxylic acids is 1. The van der Waals surface area contributed by atoms with E-state index in [1.807, 2.05) is 0 Å². The number of primary amides is 1. The van der Waals surface area contributed by atoms with Crippen LogP contribution in [0.3, 0.4) is 0 Å². The van der Waals surface area contributed by atoms with Crippen molar-refractivity contribution < 1.29 is 19.4 Å². The summed E-state index contributed by atoms with van der Waals surface area (Å²) in [6.07, 6.45) is 5.22. The third-order valence-electron chi connectivity index (χ3n) is 5.82. The summed E-state index contributed by atoms with van der Waals surface area (Å²) in [4.78, 5) is 16.5. The smallest absolute Gasteiger partial charge is 0.316 e. The molecule has 170 valence electrons. The Morgan fingerprint density at radius 3 is 2.68 bits per heavy atom. The van der Waals surface area contributed by atoms with E-state index in [4.69, 9.17) is 21.0 Å². The van der Waals surface area contributed by atoms with E-state index < -0.39 is 24.1 Å². The van der Waals surface area contributed by atoms with Gasteiger partial charge in [0.05, 0.1) is 18.0 Å². The SMILES string of the molecule is CC(O)(CO)c1cc(F)c(SN)s1.CC1(C)CCc2c1nc1c(c2NC(N)=O)CCC1. The second kappa shape index (κ2) is 9.03. The van der Waals surface area contributed by atoms with E-state index in [2.05, 4.69) is 19.2 Å². The van der Waals surface area contributed by atoms with E-state index in [-0.39, 0.29) is 5.41 Å². The van der Waals surface area contributed by atoms with E-state index >= 15 is 0 Å². The summed E-state index contributed by atoms with van der Waals surface area (Å²) in [5.74, 6) is -0.457. The first kappa shape index (κ1) is 23.9. The molecule has 7 N–H and O–H groups in total. The molecular weight excluding hydrogens is 439 g/mol. The largest absolute Gasteiger partial charge is 0.393 e. The lowest BCUT2D eigenvalue weighted by atomic mass is 9.90. The van der Waals surface area contributed by atoms with Crippen LogP contribution in [0.4, 0.5) is 14.9 Å². The summed E-state index contributed by atoms with van der Waals surface area (Å²) >= 11 is 1.84. The normalized spacial score (nSPS) is 17.9. The number of rotatable bonds is 4. The number of amides is 2. The van der Waals surface area contributed by atoms with Crippen LogP contribution >= 0.6 is 23.3 Å². The molecule has 1 atom stereocenters. The van der Waals surface area contributed by atoms with Crippen LogP contribution in [0.1, 0.15) is 61.0 Å². The Balaban J connectivity index is 0.000000187. The molecular formula is C21H29FN4O3S2. The molecule has 1 unspecified atom stereocenters. The summed E-state index contributed by atoms with van der Waals surface area (Å²) in [6.45, 7) is 5.42. The van der Waals surface area contributed by atoms with Crippen molar-refractivity contribution >= 4 is 35.0 Å². The van der Waals surface area contributed by atoms with Gasteiger partial charge in [-0.2, -0.15) is 0 Å². The Morgan fingerprint density at radius 1 is 1.39 bits per heavy atom. The van der Waals surface area contributed by atoms with Crippen molar-refractivity contribution in [3.63, 3.8) is 0 Å². The fourth-order valence-electron chi connectivity index (χ4n) is 4.03. The lowest BCUT2D eigenvalue weighted by Crippen LogP contribution is -2.24. The van der Waals surface area contributed by atoms with Gasteiger partial charge in [-0.3, -0.25) is 10.1 Å². The molecule has 0 saturated carbocycles. The number of fused-ring (bicyclic) bond motifs is 2. The van der Waals surface area contributed by atoms with Gasteiger partial charge >= 0.3 is 6.03 Å². The minimum absolute atomic E-state index is 0.112. The van der Waals surface area contributed by atoms with E-state index in [1.54, 1.807) is 0 Å². The second-order valence-corrected chi connectivity index (χ2v) is 10.7. The van der Waals surface area contributed by atoms with Crippen LogP contribution in [0.5, 0.6) is 0 Å². The van der Waals surface area contributed by atoms with Crippen molar-refractivity contribution in [3.8, 4) is 0 Å². The number of anilines is 1. The van der Waals surface area contributed by atoms with Crippen molar-refractivity contribution in [2.75, 3.05) is 11.9 Å². The molecule has 10 heteroatoms. The molecule has 0 fully saturated rings. The Hall–Kier alpha value is -1.72. The second-order valence-electron chi connectivity index (χ2n) is 8.76. The zero-order valence-electron chi connectivity index (χ0n) is 17.9. The molecule has 31 heavy (non-hydrogen) atoms. The van der Waals surface area contributed by atoms with Gasteiger partial charge in [0.15, 0.2) is 0 Å². The van der Waals surface area contributed by atoms with Crippen molar-refractivity contribution in [1.82, 2.24) is 4.98 Å². The van der Waals surface area contributed by atoms with Gasteiger partial charge in [0.1, 0.15) is 15.6 Å². The quantitative estimate of drug-likeness (QED) is 0.437. The molecule has 2 aliphatic rings. The third kappa shape index (κ3) is 4.88. The number of thiophene rings is 1. The fourth-order valence-corrected chi connectivity index (χ4v) is 5.47. The van der Waals surface area contributed by atoms with Crippen LogP contribution in [0.15, 0.2) is 10.3 Å². The molecule has 0 saturated heterocycles. The Labute approximate surface area is 189 Å². The van der Waals surface area contributed by atoms with E-state index in [9.17, 15) is 14.3 Å². The van der Waals surface area contributed by atoms with Crippen LogP contribution in [0, 0.1) is 5.82 Å². The molecule has 2 aromatic rings. The number of aliphatic hydroxyl groups is 2. The van der Waals surface area contributed by atoms with Gasteiger partial charge < -0.3 is 21.3 Å². The number of carbonyl (C=O) groups is 1. The number of nitrogens with zero attached hydrogens (tertiary/aromatic N) is 1. The fraction of sp³-hybridized carbons (Fsp3) is 0.524. The summed E-state index contributed by atoms with van der Waals surface area (Å²) in [5, 5.41) is 26.4. The highest BCUT2D eigenvalue weighted by Gasteiger charge is 2.36. The van der Waals surface area contributed by atoms with Gasteiger partial charge in [-0.25, -0.2) is 9.18 Å². The zero-order chi connectivity index (χ0) is 23.0. The van der Waals surface area contributed by atoms with Crippen LogP contribution in [-0.4, -0.2) is 27.8 Å². The molecule has 2 aliphatic carbocycles. The van der Waals surface area contributed by atoms with Crippen LogP contribution < -0.4 is 16.2 Å². The third-order valence-corrected chi connectivity index (χ3v) is 7.92. The van der Waals surface area contributed by atoms with Crippen LogP contribution in [0.2, 0.25) is 0 Å². The molecule has 2 heterocycles. The number of pyridine rings is 1. The van der Waals surface area contributed by atoms with Gasteiger partial charge in [0.25, 0.3) is 0 Å². The first-order valence-corrected chi connectivity index (χ1v) is 11.8. The standard InChI is InChI=1S/C14H19N3O.C7H10FNO2S2/c1-14(2)7-6-9-11(17-13(15)18)8-4-3-5-10(8)16-12(9)14;1-7(11,3-10)5-2-4(8)6(12-5)13-9/h3-7H2,1-2H3,(H3,15,16,17,18);2,10-11H,3,9H2,1H3. The van der Waals surface area contributed by atoms with E-state index in [1.165, 1.54) is 24.1 Å². The molecule has 0 bridgehead atoms. The number of aromatic nitrogens is 1. The van der Waals surface area contributed by atoms with Crippen molar-refractivity contribution in [2.45, 2.75) is 68.1 Å². The lowest BCUT2D eigenvalue weighted by molar-refractivity contribution is 0.000654. The lowest BCUT2D eigenvalue weighted by Gasteiger charge is -2.20. The van der Waals surface area contributed by atoms with E-state index in [0.717, 1.165) is 72.5 Å². The van der Waals surface area contributed by atoms with Gasteiger partial charge in [-0.15, -0.1) is 11.3 Å². The van der Waals surface area contributed by atoms with Gasteiger partial charge in [-0.1, -0.05) is 13.8 Å². The minimum Gasteiger partial charge on any atom is -0.393 e. The number of nitrogens with one attached hydrogen (secondary N) is 1. The molecule has 4 rings (SSSR count). The van der Waals surface area contributed by atoms with Crippen molar-refractivity contribution in [3.05, 3.63) is 39.3 Å². The highest BCUT2D eigenvalue weighted by molar-refractivity contribution is 7.99. The number of hydrogen-bond acceptors (Lipinski definition) is 7. The molecule has 7 nitrogen and oxygen atoms in total. The van der Waals surface area contributed by atoms with E-state index in [0.29, 0.717) is 9.09 Å². The van der Waals surface area contributed by atoms with Gasteiger partial charge in [-0.05, 0) is 68.2 Å². The Bertz CT molecular complexity index is 991. The summed E-state index contributed by atoms with van der Waals surface area (Å²) < 4.78 is 13.3. The Morgan fingerprint density at radius 2 is 2.10 bits per heavy atom. The monoisotopic (exact) mass is 468 g/mol.